The van der Waals surface area contributed by atoms with Gasteiger partial charge in [-0.25, -0.2) is 4.79 Å². The van der Waals surface area contributed by atoms with Gasteiger partial charge in [0.25, 0.3) is 0 Å². The van der Waals surface area contributed by atoms with E-state index in [0.29, 0.717) is 5.75 Å². The van der Waals surface area contributed by atoms with E-state index < -0.39 is 12.0 Å². The quantitative estimate of drug-likeness (QED) is 0.714. The fraction of sp³-hybridized carbons (Fsp3) is 0.500. The summed E-state index contributed by atoms with van der Waals surface area (Å²) in [5.41, 5.74) is 1.80. The molecule has 0 aliphatic rings. The van der Waals surface area contributed by atoms with Gasteiger partial charge in [-0.3, -0.25) is 4.79 Å². The van der Waals surface area contributed by atoms with Crippen molar-refractivity contribution in [3.8, 4) is 0 Å². The number of carbonyl (C=O) groups excluding carboxylic acids is 1. The lowest BCUT2D eigenvalue weighted by atomic mass is 10.2. The van der Waals surface area contributed by atoms with Crippen molar-refractivity contribution in [1.29, 1.82) is 0 Å². The van der Waals surface area contributed by atoms with Crippen molar-refractivity contribution in [2.75, 3.05) is 5.75 Å². The summed E-state index contributed by atoms with van der Waals surface area (Å²) < 4.78 is 5.04. The summed E-state index contributed by atoms with van der Waals surface area (Å²) in [5.74, 6) is 0.239. The number of nitrogens with zero attached hydrogens (tertiary/aromatic N) is 1. The lowest BCUT2D eigenvalue weighted by Crippen LogP contribution is -2.41. The molecule has 7 heteroatoms. The smallest absolute Gasteiger partial charge is 0.326 e. The Bertz CT molecular complexity index is 506. The van der Waals surface area contributed by atoms with Gasteiger partial charge < -0.3 is 14.9 Å². The first-order valence-electron chi connectivity index (χ1n) is 6.58. The number of rotatable bonds is 8. The predicted octanol–water partition coefficient (Wildman–Crippen LogP) is 2.06. The zero-order valence-corrected chi connectivity index (χ0v) is 13.2. The number of allylic oxidation sites excluding steroid dienone is 1. The van der Waals surface area contributed by atoms with Crippen LogP contribution in [0.5, 0.6) is 0 Å². The topological polar surface area (TPSA) is 92.4 Å². The van der Waals surface area contributed by atoms with Gasteiger partial charge in [0.15, 0.2) is 0 Å². The fourth-order valence-corrected chi connectivity index (χ4v) is 2.67. The molecule has 2 N–H and O–H groups in total. The van der Waals surface area contributed by atoms with Crippen LogP contribution >= 0.6 is 11.8 Å². The second kappa shape index (κ2) is 8.51. The maximum absolute atomic E-state index is 11.8. The second-order valence-corrected chi connectivity index (χ2v) is 5.54. The molecule has 0 bridgehead atoms. The number of hydrogen-bond donors (Lipinski definition) is 2. The predicted molar refractivity (Wildman–Crippen MR) is 81.1 cm³/mol. The number of aryl methyl sites for hydroxylation is 2. The van der Waals surface area contributed by atoms with E-state index >= 15 is 0 Å². The van der Waals surface area contributed by atoms with Crippen LogP contribution < -0.4 is 5.32 Å². The highest BCUT2D eigenvalue weighted by atomic mass is 32.2. The molecule has 0 aliphatic heterocycles. The zero-order valence-electron chi connectivity index (χ0n) is 12.4. The van der Waals surface area contributed by atoms with Gasteiger partial charge in [0.05, 0.1) is 11.4 Å². The van der Waals surface area contributed by atoms with Crippen LogP contribution in [0.1, 0.15) is 30.4 Å². The molecular weight excluding hydrogens is 292 g/mol. The van der Waals surface area contributed by atoms with Crippen molar-refractivity contribution in [2.24, 2.45) is 0 Å². The number of hydrogen-bond acceptors (Lipinski definition) is 5. The SMILES string of the molecule is C/C=C/CC(NC(=O)CSCc1c(C)noc1C)C(=O)O. The number of amides is 1. The van der Waals surface area contributed by atoms with E-state index in [1.165, 1.54) is 11.8 Å². The molecule has 0 fully saturated rings. The van der Waals surface area contributed by atoms with Crippen LogP contribution in [0.2, 0.25) is 0 Å². The first kappa shape index (κ1) is 17.3. The Labute approximate surface area is 128 Å². The molecule has 0 aromatic carbocycles. The molecule has 1 atom stereocenters. The summed E-state index contributed by atoms with van der Waals surface area (Å²) in [5, 5.41) is 15.4. The Kier molecular flexibility index (Phi) is 7.01. The number of aliphatic carboxylic acids is 1. The van der Waals surface area contributed by atoms with Gasteiger partial charge in [0.1, 0.15) is 11.8 Å². The molecule has 0 spiro atoms. The van der Waals surface area contributed by atoms with Crippen molar-refractivity contribution in [3.05, 3.63) is 29.2 Å². The molecule has 1 rings (SSSR count). The van der Waals surface area contributed by atoms with Gasteiger partial charge in [-0.1, -0.05) is 17.3 Å². The zero-order chi connectivity index (χ0) is 15.8. The number of nitrogens with one attached hydrogen (secondary N) is 1. The lowest BCUT2D eigenvalue weighted by Gasteiger charge is -2.12. The molecule has 116 valence electrons. The molecule has 0 saturated carbocycles. The molecule has 0 saturated heterocycles. The van der Waals surface area contributed by atoms with E-state index in [-0.39, 0.29) is 18.1 Å². The average molecular weight is 312 g/mol. The van der Waals surface area contributed by atoms with Crippen molar-refractivity contribution in [1.82, 2.24) is 10.5 Å². The summed E-state index contributed by atoms with van der Waals surface area (Å²) in [7, 11) is 0. The highest BCUT2D eigenvalue weighted by Crippen LogP contribution is 2.19. The lowest BCUT2D eigenvalue weighted by molar-refractivity contribution is -0.141. The maximum atomic E-state index is 11.8. The number of carboxylic acid groups (broad SMARTS) is 1. The number of carbonyl (C=O) groups is 2. The van der Waals surface area contributed by atoms with Crippen LogP contribution in [-0.4, -0.2) is 33.9 Å². The molecular formula is C14H20N2O4S. The van der Waals surface area contributed by atoms with E-state index in [1.54, 1.807) is 19.1 Å². The Morgan fingerprint density at radius 1 is 1.48 bits per heavy atom. The number of carboxylic acids is 1. The molecule has 21 heavy (non-hydrogen) atoms. The van der Waals surface area contributed by atoms with Gasteiger partial charge in [0, 0.05) is 11.3 Å². The summed E-state index contributed by atoms with van der Waals surface area (Å²) in [6, 6.07) is -0.881. The van der Waals surface area contributed by atoms with Gasteiger partial charge in [-0.15, -0.1) is 11.8 Å². The van der Waals surface area contributed by atoms with Crippen LogP contribution in [0, 0.1) is 13.8 Å². The van der Waals surface area contributed by atoms with Crippen LogP contribution in [0.25, 0.3) is 0 Å². The summed E-state index contributed by atoms with van der Waals surface area (Å²) in [6.07, 6.45) is 3.76. The first-order chi connectivity index (χ1) is 9.95. The standard InChI is InChI=1S/C14H20N2O4S/c1-4-5-6-12(14(18)19)15-13(17)8-21-7-11-9(2)16-20-10(11)3/h4-5,12H,6-8H2,1-3H3,(H,15,17)(H,18,19)/b5-4+. The molecule has 1 aromatic heterocycles. The molecule has 1 unspecified atom stereocenters. The van der Waals surface area contributed by atoms with Gasteiger partial charge in [0.2, 0.25) is 5.91 Å². The minimum Gasteiger partial charge on any atom is -0.480 e. The molecule has 1 amide bonds. The molecule has 1 heterocycles. The van der Waals surface area contributed by atoms with Crippen molar-refractivity contribution < 1.29 is 19.2 Å². The molecule has 6 nitrogen and oxygen atoms in total. The highest BCUT2D eigenvalue weighted by Gasteiger charge is 2.18. The monoisotopic (exact) mass is 312 g/mol. The highest BCUT2D eigenvalue weighted by molar-refractivity contribution is 7.99. The maximum Gasteiger partial charge on any atom is 0.326 e. The Morgan fingerprint density at radius 2 is 2.19 bits per heavy atom. The van der Waals surface area contributed by atoms with E-state index in [0.717, 1.165) is 17.0 Å². The minimum absolute atomic E-state index is 0.198. The molecule has 0 aliphatic carbocycles. The van der Waals surface area contributed by atoms with Gasteiger partial charge >= 0.3 is 5.97 Å². The molecule has 0 radical (unpaired) electrons. The summed E-state index contributed by atoms with van der Waals surface area (Å²) in [4.78, 5) is 22.8. The van der Waals surface area contributed by atoms with Crippen molar-refractivity contribution in [3.63, 3.8) is 0 Å². The Hall–Kier alpha value is -1.76. The van der Waals surface area contributed by atoms with E-state index in [4.69, 9.17) is 9.63 Å². The largest absolute Gasteiger partial charge is 0.480 e. The molecule has 1 aromatic rings. The van der Waals surface area contributed by atoms with Crippen LogP contribution in [0.15, 0.2) is 16.7 Å². The number of aromatic nitrogens is 1. The van der Waals surface area contributed by atoms with E-state index in [9.17, 15) is 9.59 Å². The summed E-state index contributed by atoms with van der Waals surface area (Å²) >= 11 is 1.40. The van der Waals surface area contributed by atoms with Crippen LogP contribution in [-0.2, 0) is 15.3 Å². The number of thioether (sulfide) groups is 1. The summed E-state index contributed by atoms with van der Waals surface area (Å²) in [6.45, 7) is 5.48. The van der Waals surface area contributed by atoms with Gasteiger partial charge in [-0.05, 0) is 27.2 Å². The minimum atomic E-state index is -1.03. The van der Waals surface area contributed by atoms with Crippen molar-refractivity contribution >= 4 is 23.6 Å². The second-order valence-electron chi connectivity index (χ2n) is 4.56. The first-order valence-corrected chi connectivity index (χ1v) is 7.74. The Balaban J connectivity index is 2.41. The van der Waals surface area contributed by atoms with E-state index in [2.05, 4.69) is 10.5 Å². The van der Waals surface area contributed by atoms with Crippen molar-refractivity contribution in [2.45, 2.75) is 39.0 Å². The average Bonchev–Trinajstić information content (AvgIpc) is 2.74. The normalized spacial score (nSPS) is 12.5. The van der Waals surface area contributed by atoms with Gasteiger partial charge in [-0.2, -0.15) is 0 Å². The van der Waals surface area contributed by atoms with E-state index in [1.807, 2.05) is 13.8 Å². The third-order valence-electron chi connectivity index (χ3n) is 2.90. The van der Waals surface area contributed by atoms with Crippen LogP contribution in [0.3, 0.4) is 0 Å². The third kappa shape index (κ3) is 5.63. The van der Waals surface area contributed by atoms with Crippen LogP contribution in [0.4, 0.5) is 0 Å². The fourth-order valence-electron chi connectivity index (χ4n) is 1.68. The third-order valence-corrected chi connectivity index (χ3v) is 3.86. The Morgan fingerprint density at radius 3 is 2.71 bits per heavy atom.